The molecule has 0 aliphatic carbocycles. The molecular formula is C27H30O16. The summed E-state index contributed by atoms with van der Waals surface area (Å²) in [5.74, 6) is -3.33. The Bertz CT molecular complexity index is 1540. The van der Waals surface area contributed by atoms with E-state index in [9.17, 15) is 55.9 Å². The molecule has 10 N–H and O–H groups in total. The van der Waals surface area contributed by atoms with Gasteiger partial charge in [-0.1, -0.05) is 0 Å². The van der Waals surface area contributed by atoms with E-state index in [0.29, 0.717) is 0 Å². The van der Waals surface area contributed by atoms with Crippen LogP contribution in [0, 0.1) is 0 Å². The van der Waals surface area contributed by atoms with Crippen molar-refractivity contribution >= 4 is 11.0 Å². The Labute approximate surface area is 241 Å². The molecule has 0 radical (unpaired) electrons. The summed E-state index contributed by atoms with van der Waals surface area (Å²) in [7, 11) is 0. The van der Waals surface area contributed by atoms with Gasteiger partial charge in [0.05, 0.1) is 12.7 Å². The van der Waals surface area contributed by atoms with Gasteiger partial charge in [-0.2, -0.15) is 0 Å². The molecule has 16 nitrogen and oxygen atoms in total. The molecule has 2 aliphatic rings. The highest BCUT2D eigenvalue weighted by atomic mass is 16.7. The standard InChI is InChI=1S/C27H30O16/c1-8-17(32)20(35)22(37)26(40-8)39-7-15-18(33)21(36)23(38)27(42-15)43-25-19(34)16-13(31)5-10(28)6-14(16)41-24(25)9-2-3-11(29)12(30)4-9/h2-6,8,15,17-18,20-23,26-33,35-38H,7H2,1H3/t8-,15+,17-,18+,20+,21-,22+,23+,26?,27?/m1/s1. The van der Waals surface area contributed by atoms with E-state index in [4.69, 9.17) is 23.4 Å². The number of phenols is 4. The first-order valence-electron chi connectivity index (χ1n) is 13.0. The Balaban J connectivity index is 1.48. The van der Waals surface area contributed by atoms with Crippen LogP contribution in [0.4, 0.5) is 0 Å². The monoisotopic (exact) mass is 610 g/mol. The highest BCUT2D eigenvalue weighted by Gasteiger charge is 2.47. The zero-order valence-corrected chi connectivity index (χ0v) is 22.3. The zero-order chi connectivity index (χ0) is 31.3. The molecule has 0 amide bonds. The third-order valence-corrected chi connectivity index (χ3v) is 7.29. The normalized spacial score (nSPS) is 33.0. The highest BCUT2D eigenvalue weighted by molar-refractivity contribution is 5.88. The second-order valence-corrected chi connectivity index (χ2v) is 10.3. The molecular weight excluding hydrogens is 580 g/mol. The maximum atomic E-state index is 13.6. The minimum Gasteiger partial charge on any atom is -0.508 e. The number of aliphatic hydroxyl groups is 6. The summed E-state index contributed by atoms with van der Waals surface area (Å²) in [6.45, 7) is 0.818. The lowest BCUT2D eigenvalue weighted by atomic mass is 9.98. The lowest BCUT2D eigenvalue weighted by molar-refractivity contribution is -0.318. The smallest absolute Gasteiger partial charge is 0.239 e. The van der Waals surface area contributed by atoms with E-state index >= 15 is 0 Å². The second kappa shape index (κ2) is 11.8. The number of fused-ring (bicyclic) bond motifs is 1. The van der Waals surface area contributed by atoms with Crippen molar-refractivity contribution in [1.82, 2.24) is 0 Å². The predicted octanol–water partition coefficient (Wildman–Crippen LogP) is -1.69. The Morgan fingerprint density at radius 3 is 2.12 bits per heavy atom. The molecule has 234 valence electrons. The highest BCUT2D eigenvalue weighted by Crippen LogP contribution is 2.39. The van der Waals surface area contributed by atoms with Crippen molar-refractivity contribution in [3.05, 3.63) is 40.6 Å². The molecule has 10 atom stereocenters. The molecule has 2 aromatic carbocycles. The summed E-state index contributed by atoms with van der Waals surface area (Å²) in [4.78, 5) is 13.6. The maximum Gasteiger partial charge on any atom is 0.239 e. The van der Waals surface area contributed by atoms with E-state index in [0.717, 1.165) is 24.3 Å². The fourth-order valence-corrected chi connectivity index (χ4v) is 4.84. The van der Waals surface area contributed by atoms with E-state index in [1.807, 2.05) is 0 Å². The topological polar surface area (TPSA) is 269 Å². The van der Waals surface area contributed by atoms with Crippen LogP contribution < -0.4 is 10.2 Å². The number of phenolic OH excluding ortho intramolecular Hbond substituents is 4. The van der Waals surface area contributed by atoms with Gasteiger partial charge in [-0.05, 0) is 25.1 Å². The number of aromatic hydroxyl groups is 4. The van der Waals surface area contributed by atoms with Gasteiger partial charge in [0.2, 0.25) is 17.5 Å². The van der Waals surface area contributed by atoms with Gasteiger partial charge in [0.1, 0.15) is 65.2 Å². The molecule has 2 aliphatic heterocycles. The summed E-state index contributed by atoms with van der Waals surface area (Å²) >= 11 is 0. The maximum absolute atomic E-state index is 13.6. The first-order chi connectivity index (χ1) is 20.3. The molecule has 0 spiro atoms. The van der Waals surface area contributed by atoms with Crippen LogP contribution in [0.1, 0.15) is 6.92 Å². The van der Waals surface area contributed by atoms with Gasteiger partial charge in [-0.15, -0.1) is 0 Å². The van der Waals surface area contributed by atoms with E-state index < -0.39 is 113 Å². The third-order valence-electron chi connectivity index (χ3n) is 7.29. The van der Waals surface area contributed by atoms with Crippen molar-refractivity contribution < 1.29 is 74.4 Å². The molecule has 3 aromatic rings. The number of aliphatic hydroxyl groups excluding tert-OH is 6. The molecule has 5 rings (SSSR count). The third kappa shape index (κ3) is 5.67. The Morgan fingerprint density at radius 2 is 1.42 bits per heavy atom. The van der Waals surface area contributed by atoms with Gasteiger partial charge >= 0.3 is 0 Å². The van der Waals surface area contributed by atoms with Crippen LogP contribution in [-0.4, -0.2) is 119 Å². The molecule has 2 fully saturated rings. The molecule has 2 unspecified atom stereocenters. The summed E-state index contributed by atoms with van der Waals surface area (Å²) in [5, 5.41) is 101. The van der Waals surface area contributed by atoms with Crippen molar-refractivity contribution in [3.8, 4) is 40.1 Å². The van der Waals surface area contributed by atoms with Gasteiger partial charge in [0.15, 0.2) is 23.5 Å². The number of rotatable bonds is 6. The first-order valence-corrected chi connectivity index (χ1v) is 13.0. The van der Waals surface area contributed by atoms with Crippen LogP contribution in [-0.2, 0) is 14.2 Å². The largest absolute Gasteiger partial charge is 0.508 e. The van der Waals surface area contributed by atoms with E-state index in [1.165, 1.54) is 13.0 Å². The summed E-state index contributed by atoms with van der Waals surface area (Å²) in [6, 6.07) is 5.24. The Kier molecular flexibility index (Phi) is 8.41. The fourth-order valence-electron chi connectivity index (χ4n) is 4.84. The minimum atomic E-state index is -1.97. The van der Waals surface area contributed by atoms with Gasteiger partial charge in [0.25, 0.3) is 0 Å². The Hall–Kier alpha value is -3.71. The van der Waals surface area contributed by atoms with Crippen LogP contribution in [0.5, 0.6) is 28.7 Å². The Morgan fingerprint density at radius 1 is 0.744 bits per heavy atom. The first kappa shape index (κ1) is 30.7. The lowest BCUT2D eigenvalue weighted by Gasteiger charge is -2.42. The average Bonchev–Trinajstić information content (AvgIpc) is 2.96. The van der Waals surface area contributed by atoms with Gasteiger partial charge < -0.3 is 74.4 Å². The van der Waals surface area contributed by atoms with Crippen LogP contribution >= 0.6 is 0 Å². The van der Waals surface area contributed by atoms with Crippen LogP contribution in [0.25, 0.3) is 22.3 Å². The number of hydrogen-bond donors (Lipinski definition) is 10. The molecule has 0 bridgehead atoms. The molecule has 2 saturated heterocycles. The summed E-state index contributed by atoms with van der Waals surface area (Å²) in [6.07, 6.45) is -16.2. The molecule has 3 heterocycles. The van der Waals surface area contributed by atoms with E-state index in [1.54, 1.807) is 0 Å². The van der Waals surface area contributed by atoms with Gasteiger partial charge in [0, 0.05) is 17.7 Å². The van der Waals surface area contributed by atoms with Crippen LogP contribution in [0.3, 0.4) is 0 Å². The van der Waals surface area contributed by atoms with Gasteiger partial charge in [-0.3, -0.25) is 4.79 Å². The zero-order valence-electron chi connectivity index (χ0n) is 22.3. The van der Waals surface area contributed by atoms with Crippen LogP contribution in [0.2, 0.25) is 0 Å². The van der Waals surface area contributed by atoms with Crippen LogP contribution in [0.15, 0.2) is 39.5 Å². The summed E-state index contributed by atoms with van der Waals surface area (Å²) < 4.78 is 27.8. The van der Waals surface area contributed by atoms with Crippen molar-refractivity contribution in [2.24, 2.45) is 0 Å². The number of hydrogen-bond acceptors (Lipinski definition) is 16. The van der Waals surface area contributed by atoms with Crippen molar-refractivity contribution in [3.63, 3.8) is 0 Å². The molecule has 16 heteroatoms. The lowest BCUT2D eigenvalue weighted by Crippen LogP contribution is -2.61. The summed E-state index contributed by atoms with van der Waals surface area (Å²) in [5.41, 5.74) is -1.35. The SMILES string of the molecule is C[C@H]1OC(OC[C@@H]2OC(Oc3c(-c4ccc(O)c(O)c4)oc4cc(O)cc(O)c4c3=O)[C@@H](O)[C@H](O)[C@H]2O)[C@@H](O)[C@@H](O)[C@@H]1O. The number of benzene rings is 2. The molecule has 1 aromatic heterocycles. The van der Waals surface area contributed by atoms with Crippen molar-refractivity contribution in [2.75, 3.05) is 6.61 Å². The molecule has 0 saturated carbocycles. The van der Waals surface area contributed by atoms with Gasteiger partial charge in [-0.25, -0.2) is 0 Å². The van der Waals surface area contributed by atoms with E-state index in [2.05, 4.69) is 0 Å². The predicted molar refractivity (Wildman–Crippen MR) is 140 cm³/mol. The van der Waals surface area contributed by atoms with E-state index in [-0.39, 0.29) is 11.1 Å². The minimum absolute atomic E-state index is 0.0313. The molecule has 43 heavy (non-hydrogen) atoms. The van der Waals surface area contributed by atoms with Crippen molar-refractivity contribution in [1.29, 1.82) is 0 Å². The number of ether oxygens (including phenoxy) is 4. The second-order valence-electron chi connectivity index (χ2n) is 10.3. The fraction of sp³-hybridized carbons (Fsp3) is 0.444. The quantitative estimate of drug-likeness (QED) is 0.140. The average molecular weight is 611 g/mol. The van der Waals surface area contributed by atoms with Crippen molar-refractivity contribution in [2.45, 2.75) is 68.3 Å².